The maximum Gasteiger partial charge on any atom is 0.230 e. The summed E-state index contributed by atoms with van der Waals surface area (Å²) in [6.45, 7) is 1.82. The second kappa shape index (κ2) is 5.22. The van der Waals surface area contributed by atoms with Gasteiger partial charge in [-0.05, 0) is 35.1 Å². The number of carbonyl (C=O) groups excluding carboxylic acids is 1. The lowest BCUT2D eigenvalue weighted by atomic mass is 9.90. The predicted molar refractivity (Wildman–Crippen MR) is 87.4 cm³/mol. The summed E-state index contributed by atoms with van der Waals surface area (Å²) in [5.74, 6) is 0.409. The predicted octanol–water partition coefficient (Wildman–Crippen LogP) is 4.02. The molecule has 0 aromatic heterocycles. The summed E-state index contributed by atoms with van der Waals surface area (Å²) in [4.78, 5) is 14.5. The van der Waals surface area contributed by atoms with Gasteiger partial charge in [-0.3, -0.25) is 9.69 Å². The highest BCUT2D eigenvalue weighted by molar-refractivity contribution is 6.65. The maximum absolute atomic E-state index is 12.1. The second-order valence-corrected chi connectivity index (χ2v) is 6.79. The van der Waals surface area contributed by atoms with Crippen LogP contribution < -0.4 is 0 Å². The number of fused-ring (bicyclic) bond motifs is 1. The lowest BCUT2D eigenvalue weighted by molar-refractivity contribution is -0.118. The van der Waals surface area contributed by atoms with Crippen LogP contribution in [0.4, 0.5) is 0 Å². The van der Waals surface area contributed by atoms with Crippen molar-refractivity contribution in [1.29, 1.82) is 0 Å². The van der Waals surface area contributed by atoms with Crippen molar-refractivity contribution in [2.75, 3.05) is 6.54 Å². The van der Waals surface area contributed by atoms with Crippen molar-refractivity contribution < 1.29 is 4.79 Å². The molecule has 2 aromatic carbocycles. The van der Waals surface area contributed by atoms with Gasteiger partial charge < -0.3 is 0 Å². The summed E-state index contributed by atoms with van der Waals surface area (Å²) >= 11 is 6.01. The van der Waals surface area contributed by atoms with Crippen LogP contribution in [0.2, 0.25) is 0 Å². The fourth-order valence-electron chi connectivity index (χ4n) is 4.09. The molecule has 1 unspecified atom stereocenters. The highest BCUT2D eigenvalue weighted by Gasteiger charge is 2.69. The Morgan fingerprint density at radius 1 is 1.09 bits per heavy atom. The van der Waals surface area contributed by atoms with E-state index in [1.807, 2.05) is 24.3 Å². The van der Waals surface area contributed by atoms with E-state index in [0.29, 0.717) is 5.92 Å². The molecule has 112 valence electrons. The average molecular weight is 312 g/mol. The largest absolute Gasteiger partial charge is 0.291 e. The van der Waals surface area contributed by atoms with E-state index in [1.165, 1.54) is 11.1 Å². The quantitative estimate of drug-likeness (QED) is 0.795. The van der Waals surface area contributed by atoms with Gasteiger partial charge in [-0.2, -0.15) is 0 Å². The Kier molecular flexibility index (Phi) is 3.32. The van der Waals surface area contributed by atoms with E-state index in [2.05, 4.69) is 41.3 Å². The monoisotopic (exact) mass is 311 g/mol. The van der Waals surface area contributed by atoms with Gasteiger partial charge in [0.15, 0.2) is 0 Å². The van der Waals surface area contributed by atoms with Crippen LogP contribution in [-0.4, -0.2) is 16.7 Å². The van der Waals surface area contributed by atoms with E-state index in [0.717, 1.165) is 19.5 Å². The highest BCUT2D eigenvalue weighted by Crippen LogP contribution is 2.68. The number of carbonyl (C=O) groups is 1. The molecular weight excluding hydrogens is 294 g/mol. The van der Waals surface area contributed by atoms with Gasteiger partial charge in [0.05, 0.1) is 5.41 Å². The number of benzene rings is 2. The molecule has 2 nitrogen and oxygen atoms in total. The van der Waals surface area contributed by atoms with Gasteiger partial charge in [0, 0.05) is 19.1 Å². The number of hydrogen-bond acceptors (Lipinski definition) is 2. The van der Waals surface area contributed by atoms with Crippen molar-refractivity contribution in [3.05, 3.63) is 71.8 Å². The zero-order chi connectivity index (χ0) is 15.2. The molecule has 3 heteroatoms. The molecule has 22 heavy (non-hydrogen) atoms. The zero-order valence-corrected chi connectivity index (χ0v) is 13.0. The van der Waals surface area contributed by atoms with E-state index in [-0.39, 0.29) is 16.7 Å². The van der Waals surface area contributed by atoms with Crippen molar-refractivity contribution in [3.8, 4) is 0 Å². The Bertz CT molecular complexity index is 687. The number of hydrogen-bond donors (Lipinski definition) is 0. The Morgan fingerprint density at radius 2 is 1.73 bits per heavy atom. The summed E-state index contributed by atoms with van der Waals surface area (Å²) < 4.78 is 0. The zero-order valence-electron chi connectivity index (χ0n) is 12.3. The molecule has 0 spiro atoms. The Labute approximate surface area is 135 Å². The van der Waals surface area contributed by atoms with Crippen molar-refractivity contribution in [2.45, 2.75) is 19.0 Å². The van der Waals surface area contributed by atoms with Gasteiger partial charge in [0.2, 0.25) is 5.24 Å². The van der Waals surface area contributed by atoms with Crippen molar-refractivity contribution in [3.63, 3.8) is 0 Å². The van der Waals surface area contributed by atoms with E-state index < -0.39 is 0 Å². The standard InChI is InChI=1S/C19H18ClNO/c20-18(22)19-11-16(19)13-21(12-14-7-3-1-4-8-14)17(19)15-9-5-2-6-10-15/h1-10,16-17H,11-13H2/t16?,17-,19+/m1/s1. The maximum atomic E-state index is 12.1. The van der Waals surface area contributed by atoms with E-state index >= 15 is 0 Å². The van der Waals surface area contributed by atoms with E-state index in [4.69, 9.17) is 11.6 Å². The van der Waals surface area contributed by atoms with Crippen molar-refractivity contribution in [2.24, 2.45) is 11.3 Å². The first-order chi connectivity index (χ1) is 10.7. The molecule has 1 saturated heterocycles. The van der Waals surface area contributed by atoms with E-state index in [1.54, 1.807) is 0 Å². The summed E-state index contributed by atoms with van der Waals surface area (Å²) in [6, 6.07) is 20.9. The molecule has 0 N–H and O–H groups in total. The summed E-state index contributed by atoms with van der Waals surface area (Å²) in [5.41, 5.74) is 2.12. The Hall–Kier alpha value is -1.64. The molecule has 1 aliphatic carbocycles. The van der Waals surface area contributed by atoms with Crippen LogP contribution in [0, 0.1) is 11.3 Å². The topological polar surface area (TPSA) is 20.3 Å². The van der Waals surface area contributed by atoms with Gasteiger partial charge in [0.1, 0.15) is 0 Å². The minimum atomic E-state index is -0.363. The first-order valence-corrected chi connectivity index (χ1v) is 8.12. The minimum Gasteiger partial charge on any atom is -0.291 e. The van der Waals surface area contributed by atoms with Crippen LogP contribution in [0.25, 0.3) is 0 Å². The van der Waals surface area contributed by atoms with Gasteiger partial charge >= 0.3 is 0 Å². The molecule has 1 saturated carbocycles. The molecular formula is C19H18ClNO. The minimum absolute atomic E-state index is 0.101. The number of nitrogens with zero attached hydrogens (tertiary/aromatic N) is 1. The van der Waals surface area contributed by atoms with Gasteiger partial charge in [-0.1, -0.05) is 60.7 Å². The Balaban J connectivity index is 1.69. The normalized spacial score (nSPS) is 30.0. The van der Waals surface area contributed by atoms with Crippen LogP contribution in [0.15, 0.2) is 60.7 Å². The summed E-state index contributed by atoms with van der Waals surface area (Å²) in [6.07, 6.45) is 0.931. The third kappa shape index (κ3) is 2.10. The number of likely N-dealkylation sites (tertiary alicyclic amines) is 1. The highest BCUT2D eigenvalue weighted by atomic mass is 35.5. The third-order valence-corrected chi connectivity index (χ3v) is 5.52. The summed E-state index contributed by atoms with van der Waals surface area (Å²) in [7, 11) is 0. The van der Waals surface area contributed by atoms with Crippen LogP contribution in [0.3, 0.4) is 0 Å². The lowest BCUT2D eigenvalue weighted by Gasteiger charge is -2.31. The number of piperidine rings is 1. The Morgan fingerprint density at radius 3 is 2.36 bits per heavy atom. The fraction of sp³-hybridized carbons (Fsp3) is 0.316. The molecule has 3 atom stereocenters. The number of halogens is 1. The smallest absolute Gasteiger partial charge is 0.230 e. The second-order valence-electron chi connectivity index (χ2n) is 6.44. The molecule has 0 bridgehead atoms. The van der Waals surface area contributed by atoms with Crippen LogP contribution in [0.5, 0.6) is 0 Å². The molecule has 4 rings (SSSR count). The van der Waals surface area contributed by atoms with Crippen molar-refractivity contribution in [1.82, 2.24) is 4.90 Å². The molecule has 2 aliphatic rings. The van der Waals surface area contributed by atoms with Gasteiger partial charge in [-0.25, -0.2) is 0 Å². The summed E-state index contributed by atoms with van der Waals surface area (Å²) in [5, 5.41) is -0.165. The lowest BCUT2D eigenvalue weighted by Crippen LogP contribution is -2.31. The first-order valence-electron chi connectivity index (χ1n) is 7.74. The van der Waals surface area contributed by atoms with Crippen LogP contribution in [-0.2, 0) is 11.3 Å². The van der Waals surface area contributed by atoms with Gasteiger partial charge in [-0.15, -0.1) is 0 Å². The van der Waals surface area contributed by atoms with Crippen molar-refractivity contribution >= 4 is 16.8 Å². The first kappa shape index (κ1) is 14.0. The van der Waals surface area contributed by atoms with Crippen LogP contribution in [0.1, 0.15) is 23.6 Å². The average Bonchev–Trinajstić information content (AvgIpc) is 3.16. The molecule has 1 heterocycles. The molecule has 2 fully saturated rings. The van der Waals surface area contributed by atoms with E-state index in [9.17, 15) is 4.79 Å². The molecule has 2 aromatic rings. The fourth-order valence-corrected chi connectivity index (χ4v) is 4.43. The molecule has 0 radical (unpaired) electrons. The van der Waals surface area contributed by atoms with Gasteiger partial charge in [0.25, 0.3) is 0 Å². The number of rotatable bonds is 4. The molecule has 1 aliphatic heterocycles. The van der Waals surface area contributed by atoms with Crippen LogP contribution >= 0.6 is 11.6 Å². The third-order valence-electron chi connectivity index (χ3n) is 5.17. The SMILES string of the molecule is O=C(Cl)[C@@]12CC1CN(Cc1ccccc1)[C@@H]2c1ccccc1. The molecule has 0 amide bonds.